The summed E-state index contributed by atoms with van der Waals surface area (Å²) >= 11 is 5.80. The molecule has 0 heterocycles. The van der Waals surface area contributed by atoms with Crippen LogP contribution in [0.1, 0.15) is 38.3 Å². The first-order chi connectivity index (χ1) is 19.8. The number of halogens is 4. The van der Waals surface area contributed by atoms with Gasteiger partial charge in [-0.25, -0.2) is 8.42 Å². The van der Waals surface area contributed by atoms with Gasteiger partial charge < -0.3 is 10.2 Å². The number of sulfonamides is 1. The first-order valence-corrected chi connectivity index (χ1v) is 15.2. The summed E-state index contributed by atoms with van der Waals surface area (Å²) in [6.45, 7) is 4.49. The second-order valence-corrected chi connectivity index (χ2v) is 12.2. The number of carbonyl (C=O) groups is 2. The number of nitrogens with zero attached hydrogens (tertiary/aromatic N) is 2. The van der Waals surface area contributed by atoms with E-state index < -0.39 is 56.9 Å². The standard InChI is InChI=1S/C30H33ClF3N3O4S/c1-4-27(29(39)35-21(2)3)36(18-17-22-11-7-5-8-12-22)28(38)20-37(42(40,41)24-13-9-6-10-14-24)23-15-16-26(31)25(19-23)30(32,33)34/h5-16,19,21,27H,4,17-18,20H2,1-3H3,(H,35,39). The van der Waals surface area contributed by atoms with E-state index in [4.69, 9.17) is 11.6 Å². The van der Waals surface area contributed by atoms with E-state index in [0.717, 1.165) is 17.7 Å². The van der Waals surface area contributed by atoms with Crippen molar-refractivity contribution in [3.05, 3.63) is 95.0 Å². The molecule has 1 atom stereocenters. The fourth-order valence-corrected chi connectivity index (χ4v) is 6.06. The van der Waals surface area contributed by atoms with E-state index in [1.165, 1.54) is 29.2 Å². The van der Waals surface area contributed by atoms with Crippen LogP contribution in [-0.2, 0) is 32.2 Å². The third-order valence-corrected chi connectivity index (χ3v) is 8.57. The molecule has 0 radical (unpaired) electrons. The Hall–Kier alpha value is -3.57. The molecule has 0 saturated heterocycles. The molecule has 1 unspecified atom stereocenters. The molecule has 0 saturated carbocycles. The molecule has 226 valence electrons. The summed E-state index contributed by atoms with van der Waals surface area (Å²) in [6.07, 6.45) is -4.28. The molecule has 1 N–H and O–H groups in total. The Morgan fingerprint density at radius 3 is 2.10 bits per heavy atom. The van der Waals surface area contributed by atoms with Crippen molar-refractivity contribution in [3.63, 3.8) is 0 Å². The lowest BCUT2D eigenvalue weighted by molar-refractivity contribution is -0.139. The van der Waals surface area contributed by atoms with Crippen molar-refractivity contribution in [2.45, 2.75) is 56.8 Å². The maximum atomic E-state index is 14.0. The Balaban J connectivity index is 2.09. The van der Waals surface area contributed by atoms with Gasteiger partial charge in [0.15, 0.2) is 0 Å². The lowest BCUT2D eigenvalue weighted by Crippen LogP contribution is -2.54. The van der Waals surface area contributed by atoms with Gasteiger partial charge >= 0.3 is 6.18 Å². The Labute approximate surface area is 249 Å². The average molecular weight is 624 g/mol. The lowest BCUT2D eigenvalue weighted by Gasteiger charge is -2.33. The predicted octanol–water partition coefficient (Wildman–Crippen LogP) is 5.93. The number of hydrogen-bond acceptors (Lipinski definition) is 4. The summed E-state index contributed by atoms with van der Waals surface area (Å²) in [5.41, 5.74) is -0.756. The molecule has 0 fully saturated rings. The smallest absolute Gasteiger partial charge is 0.352 e. The summed E-state index contributed by atoms with van der Waals surface area (Å²) in [5.74, 6) is -1.17. The van der Waals surface area contributed by atoms with Crippen molar-refractivity contribution in [2.24, 2.45) is 0 Å². The normalized spacial score (nSPS) is 12.6. The molecule has 12 heteroatoms. The van der Waals surface area contributed by atoms with Gasteiger partial charge in [-0.1, -0.05) is 67.1 Å². The highest BCUT2D eigenvalue weighted by molar-refractivity contribution is 7.92. The van der Waals surface area contributed by atoms with Gasteiger partial charge in [0.1, 0.15) is 12.6 Å². The van der Waals surface area contributed by atoms with E-state index in [2.05, 4.69) is 5.32 Å². The van der Waals surface area contributed by atoms with Gasteiger partial charge in [0.25, 0.3) is 10.0 Å². The zero-order chi connectivity index (χ0) is 31.1. The zero-order valence-corrected chi connectivity index (χ0v) is 25.0. The molecule has 0 bridgehead atoms. The number of rotatable bonds is 12. The molecular weight excluding hydrogens is 591 g/mol. The molecule has 42 heavy (non-hydrogen) atoms. The van der Waals surface area contributed by atoms with Crippen LogP contribution in [0.15, 0.2) is 83.8 Å². The molecule has 0 aliphatic rings. The number of anilines is 1. The van der Waals surface area contributed by atoms with Gasteiger partial charge in [0.2, 0.25) is 11.8 Å². The summed E-state index contributed by atoms with van der Waals surface area (Å²) in [6, 6.07) is 17.8. The van der Waals surface area contributed by atoms with Crippen molar-refractivity contribution in [1.29, 1.82) is 0 Å². The van der Waals surface area contributed by atoms with E-state index in [9.17, 15) is 31.2 Å². The van der Waals surface area contributed by atoms with Gasteiger partial charge in [0, 0.05) is 12.6 Å². The van der Waals surface area contributed by atoms with Gasteiger partial charge in [0.05, 0.1) is 21.2 Å². The maximum absolute atomic E-state index is 14.0. The number of hydrogen-bond donors (Lipinski definition) is 1. The van der Waals surface area contributed by atoms with Crippen LogP contribution in [0.2, 0.25) is 5.02 Å². The van der Waals surface area contributed by atoms with Crippen LogP contribution in [-0.4, -0.2) is 50.3 Å². The van der Waals surface area contributed by atoms with Gasteiger partial charge in [-0.15, -0.1) is 0 Å². The Morgan fingerprint density at radius 1 is 0.952 bits per heavy atom. The largest absolute Gasteiger partial charge is 0.417 e. The lowest BCUT2D eigenvalue weighted by atomic mass is 10.1. The minimum absolute atomic E-state index is 0.0700. The van der Waals surface area contributed by atoms with E-state index in [-0.39, 0.29) is 23.9 Å². The monoisotopic (exact) mass is 623 g/mol. The Morgan fingerprint density at radius 2 is 1.55 bits per heavy atom. The minimum atomic E-state index is -4.87. The first kappa shape index (κ1) is 32.9. The molecule has 0 aliphatic carbocycles. The zero-order valence-electron chi connectivity index (χ0n) is 23.4. The van der Waals surface area contributed by atoms with Crippen molar-refractivity contribution in [3.8, 4) is 0 Å². The molecule has 0 spiro atoms. The van der Waals surface area contributed by atoms with Crippen molar-refractivity contribution in [2.75, 3.05) is 17.4 Å². The third kappa shape index (κ3) is 8.25. The van der Waals surface area contributed by atoms with Crippen LogP contribution >= 0.6 is 11.6 Å². The summed E-state index contributed by atoms with van der Waals surface area (Å²) in [5, 5.41) is 2.18. The third-order valence-electron chi connectivity index (χ3n) is 6.45. The molecule has 3 aromatic rings. The molecule has 0 aromatic heterocycles. The van der Waals surface area contributed by atoms with Crippen LogP contribution in [0.5, 0.6) is 0 Å². The molecule has 3 aromatic carbocycles. The number of nitrogens with one attached hydrogen (secondary N) is 1. The van der Waals surface area contributed by atoms with E-state index in [1.54, 1.807) is 26.8 Å². The Kier molecular flexibility index (Phi) is 11.0. The van der Waals surface area contributed by atoms with E-state index in [1.807, 2.05) is 30.3 Å². The van der Waals surface area contributed by atoms with Crippen LogP contribution in [0.4, 0.5) is 18.9 Å². The van der Waals surface area contributed by atoms with Crippen molar-refractivity contribution in [1.82, 2.24) is 10.2 Å². The minimum Gasteiger partial charge on any atom is -0.352 e. The number of benzene rings is 3. The second kappa shape index (κ2) is 14.1. The predicted molar refractivity (Wildman–Crippen MR) is 157 cm³/mol. The Bertz CT molecular complexity index is 1470. The topological polar surface area (TPSA) is 86.8 Å². The quantitative estimate of drug-likeness (QED) is 0.271. The molecular formula is C30H33ClF3N3O4S. The summed E-state index contributed by atoms with van der Waals surface area (Å²) in [7, 11) is -4.52. The fraction of sp³-hybridized carbons (Fsp3) is 0.333. The van der Waals surface area contributed by atoms with Crippen LogP contribution in [0, 0.1) is 0 Å². The highest BCUT2D eigenvalue weighted by atomic mass is 35.5. The number of carbonyl (C=O) groups excluding carboxylic acids is 2. The average Bonchev–Trinajstić information content (AvgIpc) is 2.94. The number of amides is 2. The molecule has 0 aliphatic heterocycles. The first-order valence-electron chi connectivity index (χ1n) is 13.3. The highest BCUT2D eigenvalue weighted by Crippen LogP contribution is 2.38. The highest BCUT2D eigenvalue weighted by Gasteiger charge is 2.37. The molecule has 7 nitrogen and oxygen atoms in total. The van der Waals surface area contributed by atoms with Crippen molar-refractivity contribution >= 4 is 39.1 Å². The number of alkyl halides is 3. The van der Waals surface area contributed by atoms with Gasteiger partial charge in [-0.05, 0) is 62.6 Å². The van der Waals surface area contributed by atoms with E-state index >= 15 is 0 Å². The summed E-state index contributed by atoms with van der Waals surface area (Å²) < 4.78 is 69.4. The van der Waals surface area contributed by atoms with Crippen LogP contribution in [0.3, 0.4) is 0 Å². The van der Waals surface area contributed by atoms with Crippen LogP contribution < -0.4 is 9.62 Å². The molecule has 2 amide bonds. The molecule has 3 rings (SSSR count). The fourth-order valence-electron chi connectivity index (χ4n) is 4.41. The van der Waals surface area contributed by atoms with E-state index in [0.29, 0.717) is 16.8 Å². The van der Waals surface area contributed by atoms with Crippen LogP contribution in [0.25, 0.3) is 0 Å². The SMILES string of the molecule is CCC(C(=O)NC(C)C)N(CCc1ccccc1)C(=O)CN(c1ccc(Cl)c(C(F)(F)F)c1)S(=O)(=O)c1ccccc1. The van der Waals surface area contributed by atoms with Crippen molar-refractivity contribution < 1.29 is 31.2 Å². The summed E-state index contributed by atoms with van der Waals surface area (Å²) in [4.78, 5) is 28.2. The van der Waals surface area contributed by atoms with Gasteiger partial charge in [-0.2, -0.15) is 13.2 Å². The second-order valence-electron chi connectivity index (χ2n) is 9.90. The maximum Gasteiger partial charge on any atom is 0.417 e. The van der Waals surface area contributed by atoms with Gasteiger partial charge in [-0.3, -0.25) is 13.9 Å².